The fourth-order valence-corrected chi connectivity index (χ4v) is 3.69. The minimum absolute atomic E-state index is 0.0318. The van der Waals surface area contributed by atoms with Crippen LogP contribution >= 0.6 is 0 Å². The third-order valence-corrected chi connectivity index (χ3v) is 5.11. The maximum Gasteiger partial charge on any atom is 0.251 e. The first-order chi connectivity index (χ1) is 13.1. The van der Waals surface area contributed by atoms with E-state index in [1.54, 1.807) is 24.3 Å². The van der Waals surface area contributed by atoms with E-state index in [0.29, 0.717) is 17.0 Å². The molecule has 0 saturated heterocycles. The van der Waals surface area contributed by atoms with E-state index in [2.05, 4.69) is 5.32 Å². The summed E-state index contributed by atoms with van der Waals surface area (Å²) in [4.78, 5) is 24.3. The fraction of sp³-hybridized carbons (Fsp3) is 0.364. The normalized spacial score (nSPS) is 16.9. The molecule has 1 spiro atoms. The van der Waals surface area contributed by atoms with Crippen molar-refractivity contribution in [2.45, 2.75) is 50.7 Å². The molecular formula is C22H23NO4. The second kappa shape index (κ2) is 7.43. The van der Waals surface area contributed by atoms with Gasteiger partial charge in [-0.05, 0) is 25.0 Å². The quantitative estimate of drug-likeness (QED) is 0.779. The molecular weight excluding hydrogens is 342 g/mol. The minimum Gasteiger partial charge on any atom is -0.448 e. The summed E-state index contributed by atoms with van der Waals surface area (Å²) < 4.78 is 12.1. The summed E-state index contributed by atoms with van der Waals surface area (Å²) in [6, 6.07) is 14.5. The first-order valence-corrected chi connectivity index (χ1v) is 9.54. The number of anilines is 1. The Morgan fingerprint density at radius 3 is 2.41 bits per heavy atom. The average molecular weight is 365 g/mol. The zero-order chi connectivity index (χ0) is 18.7. The molecule has 0 atom stereocenters. The van der Waals surface area contributed by atoms with E-state index in [9.17, 15) is 9.59 Å². The van der Waals surface area contributed by atoms with Crippen molar-refractivity contribution in [2.24, 2.45) is 0 Å². The molecule has 0 radical (unpaired) electrons. The monoisotopic (exact) mass is 365 g/mol. The summed E-state index contributed by atoms with van der Waals surface area (Å²) in [5.41, 5.74) is 1.29. The van der Waals surface area contributed by atoms with Crippen molar-refractivity contribution >= 4 is 17.4 Å². The number of rotatable bonds is 5. The van der Waals surface area contributed by atoms with Crippen LogP contribution in [0.3, 0.4) is 0 Å². The molecule has 2 aromatic carbocycles. The molecule has 2 aliphatic rings. The first kappa shape index (κ1) is 17.6. The summed E-state index contributed by atoms with van der Waals surface area (Å²) >= 11 is 0. The Morgan fingerprint density at radius 1 is 0.889 bits per heavy atom. The number of benzene rings is 2. The largest absolute Gasteiger partial charge is 0.448 e. The topological polar surface area (TPSA) is 64.6 Å². The Labute approximate surface area is 158 Å². The average Bonchev–Trinajstić information content (AvgIpc) is 3.03. The Balaban J connectivity index is 1.33. The van der Waals surface area contributed by atoms with Crippen LogP contribution in [0.25, 0.3) is 0 Å². The molecule has 1 aliphatic heterocycles. The van der Waals surface area contributed by atoms with Gasteiger partial charge >= 0.3 is 0 Å². The van der Waals surface area contributed by atoms with Crippen molar-refractivity contribution in [1.29, 1.82) is 0 Å². The van der Waals surface area contributed by atoms with Gasteiger partial charge in [0.25, 0.3) is 5.79 Å². The Hall–Kier alpha value is -2.82. The zero-order valence-electron chi connectivity index (χ0n) is 15.2. The standard InChI is InChI=1S/C22H23NO4/c24-18(16-7-3-1-4-8-16)10-12-21(25)23-17-9-11-19-20(15-17)27-22(26-19)13-5-2-6-14-22/h1,3-4,7-9,11,15H,2,5-6,10,12-14H2,(H,23,25). The van der Waals surface area contributed by atoms with Crippen LogP contribution in [-0.2, 0) is 4.79 Å². The number of amides is 1. The lowest BCUT2D eigenvalue weighted by Crippen LogP contribution is -2.40. The predicted molar refractivity (Wildman–Crippen MR) is 102 cm³/mol. The van der Waals surface area contributed by atoms with Gasteiger partial charge < -0.3 is 14.8 Å². The maximum atomic E-state index is 12.2. The molecule has 4 rings (SSSR count). The van der Waals surface area contributed by atoms with Gasteiger partial charge in [0.05, 0.1) is 0 Å². The van der Waals surface area contributed by atoms with Crippen LogP contribution in [0.5, 0.6) is 11.5 Å². The van der Waals surface area contributed by atoms with Crippen LogP contribution < -0.4 is 14.8 Å². The number of fused-ring (bicyclic) bond motifs is 1. The van der Waals surface area contributed by atoms with Gasteiger partial charge in [-0.25, -0.2) is 0 Å². The van der Waals surface area contributed by atoms with Gasteiger partial charge in [0.15, 0.2) is 17.3 Å². The summed E-state index contributed by atoms with van der Waals surface area (Å²) in [7, 11) is 0. The number of hydrogen-bond donors (Lipinski definition) is 1. The fourth-order valence-electron chi connectivity index (χ4n) is 3.69. The van der Waals surface area contributed by atoms with E-state index in [-0.39, 0.29) is 24.5 Å². The molecule has 140 valence electrons. The van der Waals surface area contributed by atoms with Crippen molar-refractivity contribution < 1.29 is 19.1 Å². The van der Waals surface area contributed by atoms with E-state index in [4.69, 9.17) is 9.47 Å². The lowest BCUT2D eigenvalue weighted by Gasteiger charge is -2.31. The van der Waals surface area contributed by atoms with Crippen molar-refractivity contribution in [1.82, 2.24) is 0 Å². The summed E-state index contributed by atoms with van der Waals surface area (Å²) in [5.74, 6) is 0.663. The molecule has 27 heavy (non-hydrogen) atoms. The number of ether oxygens (including phenoxy) is 2. The van der Waals surface area contributed by atoms with E-state index in [1.165, 1.54) is 6.42 Å². The summed E-state index contributed by atoms with van der Waals surface area (Å²) in [6.07, 6.45) is 5.54. The van der Waals surface area contributed by atoms with Crippen LogP contribution in [0, 0.1) is 0 Å². The van der Waals surface area contributed by atoms with Gasteiger partial charge in [0.2, 0.25) is 5.91 Å². The van der Waals surface area contributed by atoms with Crippen LogP contribution in [0.2, 0.25) is 0 Å². The lowest BCUT2D eigenvalue weighted by atomic mass is 9.94. The zero-order valence-corrected chi connectivity index (χ0v) is 15.2. The Morgan fingerprint density at radius 2 is 1.63 bits per heavy atom. The van der Waals surface area contributed by atoms with Gasteiger partial charge in [-0.3, -0.25) is 9.59 Å². The third kappa shape index (κ3) is 3.97. The highest BCUT2D eigenvalue weighted by Crippen LogP contribution is 2.46. The molecule has 1 aliphatic carbocycles. The Kier molecular flexibility index (Phi) is 4.84. The van der Waals surface area contributed by atoms with Gasteiger partial charge in [-0.1, -0.05) is 36.8 Å². The smallest absolute Gasteiger partial charge is 0.251 e. The highest BCUT2D eigenvalue weighted by Gasteiger charge is 2.42. The summed E-state index contributed by atoms with van der Waals surface area (Å²) in [5, 5.41) is 2.84. The molecule has 1 N–H and O–H groups in total. The third-order valence-electron chi connectivity index (χ3n) is 5.11. The van der Waals surface area contributed by atoms with Gasteiger partial charge in [-0.2, -0.15) is 0 Å². The van der Waals surface area contributed by atoms with Crippen LogP contribution in [-0.4, -0.2) is 17.5 Å². The van der Waals surface area contributed by atoms with Crippen LogP contribution in [0.15, 0.2) is 48.5 Å². The lowest BCUT2D eigenvalue weighted by molar-refractivity contribution is -0.116. The van der Waals surface area contributed by atoms with Gasteiger partial charge in [0, 0.05) is 43.0 Å². The van der Waals surface area contributed by atoms with E-state index in [1.807, 2.05) is 24.3 Å². The molecule has 0 unspecified atom stereocenters. The van der Waals surface area contributed by atoms with Crippen LogP contribution in [0.4, 0.5) is 5.69 Å². The Bertz CT molecular complexity index is 841. The molecule has 2 aromatic rings. The molecule has 1 saturated carbocycles. The molecule has 0 aromatic heterocycles. The highest BCUT2D eigenvalue weighted by molar-refractivity contribution is 6.00. The molecule has 0 bridgehead atoms. The number of Topliss-reactive ketones (excluding diaryl/α,β-unsaturated/α-hetero) is 1. The number of ketones is 1. The van der Waals surface area contributed by atoms with E-state index < -0.39 is 5.79 Å². The predicted octanol–water partition coefficient (Wildman–Crippen LogP) is 4.72. The SMILES string of the molecule is O=C(CCC(=O)c1ccccc1)Nc1ccc2c(c1)OC1(CCCCC1)O2. The van der Waals surface area contributed by atoms with E-state index in [0.717, 1.165) is 31.4 Å². The number of nitrogens with one attached hydrogen (secondary N) is 1. The number of carbonyl (C=O) groups is 2. The van der Waals surface area contributed by atoms with Crippen molar-refractivity contribution in [3.63, 3.8) is 0 Å². The van der Waals surface area contributed by atoms with Gasteiger partial charge in [0.1, 0.15) is 0 Å². The van der Waals surface area contributed by atoms with Crippen molar-refractivity contribution in [3.05, 3.63) is 54.1 Å². The molecule has 1 amide bonds. The molecule has 1 heterocycles. The molecule has 5 heteroatoms. The van der Waals surface area contributed by atoms with E-state index >= 15 is 0 Å². The van der Waals surface area contributed by atoms with Crippen LogP contribution in [0.1, 0.15) is 55.3 Å². The van der Waals surface area contributed by atoms with Crippen molar-refractivity contribution in [3.8, 4) is 11.5 Å². The minimum atomic E-state index is -0.523. The first-order valence-electron chi connectivity index (χ1n) is 9.54. The second-order valence-corrected chi connectivity index (χ2v) is 7.17. The van der Waals surface area contributed by atoms with Crippen molar-refractivity contribution in [2.75, 3.05) is 5.32 Å². The molecule has 5 nitrogen and oxygen atoms in total. The molecule has 1 fully saturated rings. The number of carbonyl (C=O) groups excluding carboxylic acids is 2. The second-order valence-electron chi connectivity index (χ2n) is 7.17. The maximum absolute atomic E-state index is 12.2. The highest BCUT2D eigenvalue weighted by atomic mass is 16.7. The number of hydrogen-bond acceptors (Lipinski definition) is 4. The van der Waals surface area contributed by atoms with Gasteiger partial charge in [-0.15, -0.1) is 0 Å². The summed E-state index contributed by atoms with van der Waals surface area (Å²) in [6.45, 7) is 0.